The number of aromatic nitrogens is 1. The smallest absolute Gasteiger partial charge is 0.333 e. The van der Waals surface area contributed by atoms with E-state index in [0.29, 0.717) is 11.3 Å². The summed E-state index contributed by atoms with van der Waals surface area (Å²) in [6, 6.07) is 18.9. The predicted octanol–water partition coefficient (Wildman–Crippen LogP) is 4.95. The van der Waals surface area contributed by atoms with Crippen molar-refractivity contribution in [3.8, 4) is 11.1 Å². The summed E-state index contributed by atoms with van der Waals surface area (Å²) >= 11 is 0. The number of nitrogens with zero attached hydrogens (tertiary/aromatic N) is 1. The van der Waals surface area contributed by atoms with Gasteiger partial charge in [-0.15, -0.1) is 0 Å². The van der Waals surface area contributed by atoms with E-state index >= 15 is 0 Å². The van der Waals surface area contributed by atoms with Gasteiger partial charge in [0.2, 0.25) is 0 Å². The molecule has 0 saturated carbocycles. The molecule has 1 aromatic heterocycles. The number of esters is 1. The second-order valence-electron chi connectivity index (χ2n) is 7.79. The first kappa shape index (κ1) is 21.0. The molecule has 3 aromatic rings. The highest BCUT2D eigenvalue weighted by Gasteiger charge is 2.28. The number of hydrogen-bond donors (Lipinski definition) is 2. The van der Waals surface area contributed by atoms with Crippen molar-refractivity contribution in [3.63, 3.8) is 0 Å². The number of pyridine rings is 1. The summed E-state index contributed by atoms with van der Waals surface area (Å²) < 4.78 is 5.48. The fraction of sp³-hybridized carbons (Fsp3) is 0.208. The Hall–Kier alpha value is -3.67. The van der Waals surface area contributed by atoms with E-state index in [1.165, 1.54) is 0 Å². The highest BCUT2D eigenvalue weighted by molar-refractivity contribution is 5.93. The quantitative estimate of drug-likeness (QED) is 0.591. The van der Waals surface area contributed by atoms with Crippen LogP contribution in [0.25, 0.3) is 11.1 Å². The monoisotopic (exact) mass is 403 g/mol. The van der Waals surface area contributed by atoms with Crippen LogP contribution in [0.5, 0.6) is 0 Å². The molecule has 2 amide bonds. The van der Waals surface area contributed by atoms with Crippen LogP contribution in [0, 0.1) is 0 Å². The predicted molar refractivity (Wildman–Crippen MR) is 117 cm³/mol. The van der Waals surface area contributed by atoms with Gasteiger partial charge in [0.25, 0.3) is 0 Å². The number of nitrogens with one attached hydrogen (secondary N) is 2. The Bertz CT molecular complexity index is 982. The lowest BCUT2D eigenvalue weighted by Gasteiger charge is -2.25. The van der Waals surface area contributed by atoms with E-state index in [4.69, 9.17) is 4.74 Å². The molecule has 1 heterocycles. The first-order valence-electron chi connectivity index (χ1n) is 9.67. The normalized spacial score (nSPS) is 12.0. The number of benzene rings is 2. The zero-order valence-corrected chi connectivity index (χ0v) is 17.3. The molecule has 0 aliphatic rings. The van der Waals surface area contributed by atoms with Gasteiger partial charge in [0.05, 0.1) is 0 Å². The molecule has 0 saturated heterocycles. The van der Waals surface area contributed by atoms with Gasteiger partial charge in [-0.1, -0.05) is 42.5 Å². The molecule has 0 bridgehead atoms. The molecular formula is C24H25N3O3. The molecule has 2 aromatic carbocycles. The number of rotatable bonds is 5. The maximum atomic E-state index is 12.7. The topological polar surface area (TPSA) is 80.3 Å². The standard InChI is InChI=1S/C24H25N3O3/c1-24(2,3)30-22(28)21(19-7-5-4-6-8-19)27-23(29)26-20-11-9-17(10-12-20)18-13-15-25-16-14-18/h4-16,21H,1-3H3,(H2,26,27,29)/t21-/m1/s1. The molecule has 0 aliphatic heterocycles. The molecular weight excluding hydrogens is 378 g/mol. The second kappa shape index (κ2) is 9.22. The van der Waals surface area contributed by atoms with E-state index in [0.717, 1.165) is 11.1 Å². The Morgan fingerprint density at radius 2 is 1.47 bits per heavy atom. The minimum atomic E-state index is -0.915. The van der Waals surface area contributed by atoms with Crippen molar-refractivity contribution < 1.29 is 14.3 Å². The van der Waals surface area contributed by atoms with Crippen molar-refractivity contribution in [1.82, 2.24) is 10.3 Å². The van der Waals surface area contributed by atoms with Crippen LogP contribution in [0.3, 0.4) is 0 Å². The molecule has 0 aliphatic carbocycles. The Morgan fingerprint density at radius 3 is 2.07 bits per heavy atom. The number of anilines is 1. The largest absolute Gasteiger partial charge is 0.458 e. The van der Waals surface area contributed by atoms with Gasteiger partial charge in [-0.25, -0.2) is 9.59 Å². The van der Waals surface area contributed by atoms with Crippen LogP contribution in [-0.4, -0.2) is 22.6 Å². The average Bonchev–Trinajstić information content (AvgIpc) is 2.72. The van der Waals surface area contributed by atoms with Crippen LogP contribution < -0.4 is 10.6 Å². The SMILES string of the molecule is CC(C)(C)OC(=O)[C@H](NC(=O)Nc1ccc(-c2ccncc2)cc1)c1ccccc1. The Labute approximate surface area is 176 Å². The summed E-state index contributed by atoms with van der Waals surface area (Å²) in [5, 5.41) is 5.49. The van der Waals surface area contributed by atoms with Crippen LogP contribution in [-0.2, 0) is 9.53 Å². The summed E-state index contributed by atoms with van der Waals surface area (Å²) in [4.78, 5) is 29.3. The summed E-state index contributed by atoms with van der Waals surface area (Å²) in [6.45, 7) is 5.37. The van der Waals surface area contributed by atoms with Crippen LogP contribution in [0.2, 0.25) is 0 Å². The van der Waals surface area contributed by atoms with Crippen LogP contribution in [0.4, 0.5) is 10.5 Å². The third-order valence-electron chi connectivity index (χ3n) is 4.21. The van der Waals surface area contributed by atoms with Gasteiger partial charge in [0.1, 0.15) is 5.60 Å². The lowest BCUT2D eigenvalue weighted by atomic mass is 10.1. The minimum absolute atomic E-state index is 0.494. The molecule has 1 atom stereocenters. The first-order chi connectivity index (χ1) is 14.3. The Balaban J connectivity index is 1.70. The molecule has 6 heteroatoms. The van der Waals surface area contributed by atoms with Gasteiger partial charge in [0, 0.05) is 18.1 Å². The van der Waals surface area contributed by atoms with Crippen molar-refractivity contribution in [2.24, 2.45) is 0 Å². The van der Waals surface area contributed by atoms with E-state index in [-0.39, 0.29) is 0 Å². The number of ether oxygens (including phenoxy) is 1. The molecule has 30 heavy (non-hydrogen) atoms. The first-order valence-corrected chi connectivity index (χ1v) is 9.67. The van der Waals surface area contributed by atoms with Gasteiger partial charge < -0.3 is 15.4 Å². The minimum Gasteiger partial charge on any atom is -0.458 e. The van der Waals surface area contributed by atoms with Crippen molar-refractivity contribution in [2.75, 3.05) is 5.32 Å². The van der Waals surface area contributed by atoms with Crippen molar-refractivity contribution in [3.05, 3.63) is 84.7 Å². The Kier molecular flexibility index (Phi) is 6.47. The molecule has 3 rings (SSSR count). The number of urea groups is 1. The maximum Gasteiger partial charge on any atom is 0.333 e. The van der Waals surface area contributed by atoms with E-state index in [9.17, 15) is 9.59 Å². The lowest BCUT2D eigenvalue weighted by Crippen LogP contribution is -2.40. The fourth-order valence-electron chi connectivity index (χ4n) is 2.87. The second-order valence-corrected chi connectivity index (χ2v) is 7.79. The summed E-state index contributed by atoms with van der Waals surface area (Å²) in [6.07, 6.45) is 3.46. The van der Waals surface area contributed by atoms with Crippen molar-refractivity contribution in [1.29, 1.82) is 0 Å². The van der Waals surface area contributed by atoms with Crippen molar-refractivity contribution in [2.45, 2.75) is 32.4 Å². The van der Waals surface area contributed by atoms with Gasteiger partial charge in [-0.2, -0.15) is 0 Å². The van der Waals surface area contributed by atoms with Gasteiger partial charge >= 0.3 is 12.0 Å². The van der Waals surface area contributed by atoms with E-state index in [1.54, 1.807) is 57.4 Å². The number of carbonyl (C=O) groups is 2. The zero-order chi connectivity index (χ0) is 21.6. The third kappa shape index (κ3) is 5.91. The third-order valence-corrected chi connectivity index (χ3v) is 4.21. The average molecular weight is 403 g/mol. The van der Waals surface area contributed by atoms with Gasteiger partial charge in [-0.05, 0) is 61.7 Å². The fourth-order valence-corrected chi connectivity index (χ4v) is 2.87. The number of carbonyl (C=O) groups excluding carboxylic acids is 2. The number of amides is 2. The van der Waals surface area contributed by atoms with Gasteiger partial charge in [-0.3, -0.25) is 4.98 Å². The highest BCUT2D eigenvalue weighted by atomic mass is 16.6. The molecule has 0 spiro atoms. The lowest BCUT2D eigenvalue weighted by molar-refractivity contribution is -0.157. The van der Waals surface area contributed by atoms with E-state index < -0.39 is 23.6 Å². The maximum absolute atomic E-state index is 12.7. The van der Waals surface area contributed by atoms with E-state index in [2.05, 4.69) is 15.6 Å². The molecule has 2 N–H and O–H groups in total. The zero-order valence-electron chi connectivity index (χ0n) is 17.3. The highest BCUT2D eigenvalue weighted by Crippen LogP contribution is 2.22. The molecule has 0 unspecified atom stereocenters. The molecule has 0 radical (unpaired) electrons. The van der Waals surface area contributed by atoms with Crippen LogP contribution in [0.15, 0.2) is 79.1 Å². The van der Waals surface area contributed by atoms with Crippen LogP contribution >= 0.6 is 0 Å². The molecule has 0 fully saturated rings. The van der Waals surface area contributed by atoms with E-state index in [1.807, 2.05) is 42.5 Å². The van der Waals surface area contributed by atoms with Crippen LogP contribution in [0.1, 0.15) is 32.4 Å². The summed E-state index contributed by atoms with van der Waals surface area (Å²) in [7, 11) is 0. The molecule has 154 valence electrons. The van der Waals surface area contributed by atoms with Gasteiger partial charge in [0.15, 0.2) is 6.04 Å². The summed E-state index contributed by atoms with van der Waals surface area (Å²) in [5.74, 6) is -0.517. The Morgan fingerprint density at radius 1 is 0.867 bits per heavy atom. The number of hydrogen-bond acceptors (Lipinski definition) is 4. The molecule has 6 nitrogen and oxygen atoms in total. The van der Waals surface area contributed by atoms with Crippen molar-refractivity contribution >= 4 is 17.7 Å². The summed E-state index contributed by atoms with van der Waals surface area (Å²) in [5.41, 5.74) is 2.65.